The van der Waals surface area contributed by atoms with Crippen molar-refractivity contribution >= 4 is 18.3 Å². The van der Waals surface area contributed by atoms with Gasteiger partial charge >= 0.3 is 0 Å². The first kappa shape index (κ1) is 18.4. The maximum absolute atomic E-state index is 14.3. The van der Waals surface area contributed by atoms with Crippen molar-refractivity contribution in [3.63, 3.8) is 0 Å². The Balaban J connectivity index is 0.00000208. The minimum absolute atomic E-state index is 0. The zero-order valence-corrected chi connectivity index (χ0v) is 14.6. The number of hydrogen-bond donors (Lipinski definition) is 2. The van der Waals surface area contributed by atoms with Gasteiger partial charge in [-0.15, -0.1) is 12.4 Å². The number of halogens is 2. The van der Waals surface area contributed by atoms with Crippen LogP contribution in [0.1, 0.15) is 40.7 Å². The minimum Gasteiger partial charge on any atom is -0.347 e. The molecule has 0 spiro atoms. The van der Waals surface area contributed by atoms with Gasteiger partial charge in [-0.3, -0.25) is 4.79 Å². The van der Waals surface area contributed by atoms with Gasteiger partial charge < -0.3 is 11.1 Å². The molecule has 1 aliphatic carbocycles. The average Bonchev–Trinajstić information content (AvgIpc) is 3.09. The van der Waals surface area contributed by atoms with Gasteiger partial charge in [0.05, 0.1) is 0 Å². The molecule has 1 amide bonds. The summed E-state index contributed by atoms with van der Waals surface area (Å²) in [5.41, 5.74) is 9.03. The summed E-state index contributed by atoms with van der Waals surface area (Å²) >= 11 is 0. The Bertz CT molecular complexity index is 759. The van der Waals surface area contributed by atoms with Crippen LogP contribution in [-0.2, 0) is 12.8 Å². The van der Waals surface area contributed by atoms with Crippen LogP contribution in [0.4, 0.5) is 4.39 Å². The second kappa shape index (κ2) is 7.32. The number of fused-ring (bicyclic) bond motifs is 1. The number of nitrogens with two attached hydrogens (primary N) is 1. The summed E-state index contributed by atoms with van der Waals surface area (Å²) in [5.74, 6) is -0.572. The molecule has 0 radical (unpaired) electrons. The molecule has 0 fully saturated rings. The number of carbonyl (C=O) groups is 1. The van der Waals surface area contributed by atoms with E-state index >= 15 is 0 Å². The monoisotopic (exact) mass is 352 g/mol. The third-order valence-electron chi connectivity index (χ3n) is 4.21. The zero-order chi connectivity index (χ0) is 16.6. The predicted molar refractivity (Wildman–Crippen MR) is 93.5 cm³/mol. The summed E-state index contributed by atoms with van der Waals surface area (Å²) < 4.78 is 15.9. The number of aryl methyl sites for hydroxylation is 1. The van der Waals surface area contributed by atoms with E-state index < -0.39 is 0 Å². The molecule has 3 rings (SSSR count). The fourth-order valence-corrected chi connectivity index (χ4v) is 2.95. The lowest BCUT2D eigenvalue weighted by Gasteiger charge is -2.10. The Hall–Kier alpha value is -1.92. The van der Waals surface area contributed by atoms with Crippen LogP contribution in [0.3, 0.4) is 0 Å². The van der Waals surface area contributed by atoms with E-state index in [-0.39, 0.29) is 30.2 Å². The molecule has 130 valence electrons. The smallest absolute Gasteiger partial charge is 0.272 e. The molecule has 24 heavy (non-hydrogen) atoms. The highest BCUT2D eigenvalue weighted by molar-refractivity contribution is 5.94. The third kappa shape index (κ3) is 3.30. The SMILES string of the molecule is Cc1ccc(-n2nc(C(=O)N[C@@H](C)CN)c3c2CCC3)c(F)c1.Cl. The highest BCUT2D eigenvalue weighted by atomic mass is 35.5. The molecule has 1 heterocycles. The molecular weight excluding hydrogens is 331 g/mol. The number of rotatable bonds is 4. The van der Waals surface area contributed by atoms with Gasteiger partial charge in [0, 0.05) is 23.8 Å². The van der Waals surface area contributed by atoms with Gasteiger partial charge in [0.25, 0.3) is 5.91 Å². The third-order valence-corrected chi connectivity index (χ3v) is 4.21. The molecule has 0 unspecified atom stereocenters. The lowest BCUT2D eigenvalue weighted by molar-refractivity contribution is 0.0935. The summed E-state index contributed by atoms with van der Waals surface area (Å²) in [6.07, 6.45) is 2.55. The number of aromatic nitrogens is 2. The van der Waals surface area contributed by atoms with Gasteiger partial charge in [-0.05, 0) is 50.8 Å². The Morgan fingerprint density at radius 2 is 2.21 bits per heavy atom. The van der Waals surface area contributed by atoms with Crippen molar-refractivity contribution < 1.29 is 9.18 Å². The molecule has 0 bridgehead atoms. The molecule has 1 atom stereocenters. The fourth-order valence-electron chi connectivity index (χ4n) is 2.95. The van der Waals surface area contributed by atoms with E-state index in [1.54, 1.807) is 10.7 Å². The van der Waals surface area contributed by atoms with E-state index in [0.29, 0.717) is 17.9 Å². The van der Waals surface area contributed by atoms with Crippen molar-refractivity contribution in [1.82, 2.24) is 15.1 Å². The van der Waals surface area contributed by atoms with Crippen LogP contribution < -0.4 is 11.1 Å². The van der Waals surface area contributed by atoms with Gasteiger partial charge in [-0.2, -0.15) is 5.10 Å². The molecular formula is C17H22ClFN4O. The fraction of sp³-hybridized carbons (Fsp3) is 0.412. The van der Waals surface area contributed by atoms with Crippen molar-refractivity contribution in [2.75, 3.05) is 6.54 Å². The van der Waals surface area contributed by atoms with Crippen LogP contribution in [-0.4, -0.2) is 28.3 Å². The number of amides is 1. The van der Waals surface area contributed by atoms with E-state index in [2.05, 4.69) is 10.4 Å². The Labute approximate surface area is 146 Å². The molecule has 0 aliphatic heterocycles. The lowest BCUT2D eigenvalue weighted by Crippen LogP contribution is -2.38. The minimum atomic E-state index is -0.329. The van der Waals surface area contributed by atoms with Crippen LogP contribution in [0.15, 0.2) is 18.2 Å². The van der Waals surface area contributed by atoms with Crippen LogP contribution in [0, 0.1) is 12.7 Å². The highest BCUT2D eigenvalue weighted by Gasteiger charge is 2.28. The second-order valence-electron chi connectivity index (χ2n) is 6.10. The Kier molecular flexibility index (Phi) is 5.62. The number of benzene rings is 1. The average molecular weight is 353 g/mol. The first-order chi connectivity index (χ1) is 11.0. The van der Waals surface area contributed by atoms with E-state index in [1.807, 2.05) is 19.9 Å². The first-order valence-electron chi connectivity index (χ1n) is 7.89. The summed E-state index contributed by atoms with van der Waals surface area (Å²) in [6.45, 7) is 4.05. The van der Waals surface area contributed by atoms with Gasteiger partial charge in [0.2, 0.25) is 0 Å². The molecule has 0 saturated carbocycles. The largest absolute Gasteiger partial charge is 0.347 e. The van der Waals surface area contributed by atoms with E-state index in [4.69, 9.17) is 5.73 Å². The summed E-state index contributed by atoms with van der Waals surface area (Å²) in [6, 6.07) is 4.91. The zero-order valence-electron chi connectivity index (χ0n) is 13.8. The summed E-state index contributed by atoms with van der Waals surface area (Å²) in [4.78, 5) is 12.4. The van der Waals surface area contributed by atoms with Crippen LogP contribution in [0.2, 0.25) is 0 Å². The quantitative estimate of drug-likeness (QED) is 0.886. The summed E-state index contributed by atoms with van der Waals surface area (Å²) in [7, 11) is 0. The van der Waals surface area contributed by atoms with Gasteiger partial charge in [0.1, 0.15) is 11.5 Å². The number of carbonyl (C=O) groups excluding carboxylic acids is 1. The van der Waals surface area contributed by atoms with E-state index in [9.17, 15) is 9.18 Å². The van der Waals surface area contributed by atoms with Crippen molar-refractivity contribution in [1.29, 1.82) is 0 Å². The topological polar surface area (TPSA) is 72.9 Å². The molecule has 7 heteroatoms. The van der Waals surface area contributed by atoms with Crippen molar-refractivity contribution in [2.45, 2.75) is 39.2 Å². The molecule has 3 N–H and O–H groups in total. The Morgan fingerprint density at radius 1 is 1.46 bits per heavy atom. The highest BCUT2D eigenvalue weighted by Crippen LogP contribution is 2.29. The predicted octanol–water partition coefficient (Wildman–Crippen LogP) is 2.31. The molecule has 1 aliphatic rings. The van der Waals surface area contributed by atoms with Crippen molar-refractivity contribution in [3.8, 4) is 5.69 Å². The molecule has 1 aromatic carbocycles. The number of hydrogen-bond acceptors (Lipinski definition) is 3. The molecule has 5 nitrogen and oxygen atoms in total. The van der Waals surface area contributed by atoms with E-state index in [0.717, 1.165) is 36.1 Å². The maximum Gasteiger partial charge on any atom is 0.272 e. The molecule has 0 saturated heterocycles. The summed E-state index contributed by atoms with van der Waals surface area (Å²) in [5, 5.41) is 7.23. The number of nitrogens with zero attached hydrogens (tertiary/aromatic N) is 2. The molecule has 1 aromatic heterocycles. The van der Waals surface area contributed by atoms with Crippen LogP contribution in [0.25, 0.3) is 5.69 Å². The van der Waals surface area contributed by atoms with Crippen LogP contribution >= 0.6 is 12.4 Å². The second-order valence-corrected chi connectivity index (χ2v) is 6.10. The van der Waals surface area contributed by atoms with Gasteiger partial charge in [-0.25, -0.2) is 9.07 Å². The normalized spacial score (nSPS) is 14.0. The number of nitrogens with one attached hydrogen (secondary N) is 1. The maximum atomic E-state index is 14.3. The standard InChI is InChI=1S/C17H21FN4O.ClH/c1-10-6-7-15(13(18)8-10)22-14-5-3-4-12(14)16(21-22)17(23)20-11(2)9-19;/h6-8,11H,3-5,9,19H2,1-2H3,(H,20,23);1H/t11-;/m0./s1. The first-order valence-corrected chi connectivity index (χ1v) is 7.89. The van der Waals surface area contributed by atoms with Crippen molar-refractivity contribution in [2.24, 2.45) is 5.73 Å². The van der Waals surface area contributed by atoms with E-state index in [1.165, 1.54) is 6.07 Å². The van der Waals surface area contributed by atoms with Crippen molar-refractivity contribution in [3.05, 3.63) is 46.5 Å². The molecule has 2 aromatic rings. The van der Waals surface area contributed by atoms with Crippen LogP contribution in [0.5, 0.6) is 0 Å². The Morgan fingerprint density at radius 3 is 2.88 bits per heavy atom. The van der Waals surface area contributed by atoms with Gasteiger partial charge in [0.15, 0.2) is 5.69 Å². The lowest BCUT2D eigenvalue weighted by atomic mass is 10.2. The van der Waals surface area contributed by atoms with Gasteiger partial charge in [-0.1, -0.05) is 6.07 Å².